The number of hydrogen-bond donors (Lipinski definition) is 2. The molecule has 106 valence electrons. The van der Waals surface area contributed by atoms with Crippen molar-refractivity contribution in [2.75, 3.05) is 13.1 Å². The summed E-state index contributed by atoms with van der Waals surface area (Å²) in [5.74, 6) is -0.228. The molecule has 1 aliphatic rings. The highest BCUT2D eigenvalue weighted by Gasteiger charge is 2.38. The molecule has 0 radical (unpaired) electrons. The molecule has 0 spiro atoms. The van der Waals surface area contributed by atoms with Crippen LogP contribution in [0.2, 0.25) is 0 Å². The van der Waals surface area contributed by atoms with Gasteiger partial charge in [0.15, 0.2) is 0 Å². The molecular weight excluding hydrogens is 226 g/mol. The monoisotopic (exact) mass is 255 g/mol. The highest BCUT2D eigenvalue weighted by atomic mass is 16.1. The minimum Gasteiger partial charge on any atom is -0.368 e. The SMILES string of the molecule is CCCN(CC)C(C)CC(C)(NC1CC1)C(N)=O. The Balaban J connectivity index is 2.60. The Morgan fingerprint density at radius 2 is 2.11 bits per heavy atom. The minimum atomic E-state index is -0.568. The van der Waals surface area contributed by atoms with E-state index in [2.05, 4.69) is 31.0 Å². The van der Waals surface area contributed by atoms with Crippen LogP contribution in [0.3, 0.4) is 0 Å². The van der Waals surface area contributed by atoms with Gasteiger partial charge >= 0.3 is 0 Å². The average Bonchev–Trinajstić information content (AvgIpc) is 3.08. The molecule has 1 aliphatic carbocycles. The largest absolute Gasteiger partial charge is 0.368 e. The smallest absolute Gasteiger partial charge is 0.237 e. The van der Waals surface area contributed by atoms with Crippen LogP contribution in [0.4, 0.5) is 0 Å². The summed E-state index contributed by atoms with van der Waals surface area (Å²) in [5, 5.41) is 3.42. The number of nitrogens with zero attached hydrogens (tertiary/aromatic N) is 1. The number of primary amides is 1. The van der Waals surface area contributed by atoms with Gasteiger partial charge in [-0.25, -0.2) is 0 Å². The molecule has 1 amide bonds. The van der Waals surface area contributed by atoms with Crippen LogP contribution in [-0.4, -0.2) is 41.5 Å². The summed E-state index contributed by atoms with van der Waals surface area (Å²) in [6, 6.07) is 0.870. The van der Waals surface area contributed by atoms with Crippen molar-refractivity contribution in [1.29, 1.82) is 0 Å². The summed E-state index contributed by atoms with van der Waals surface area (Å²) in [7, 11) is 0. The van der Waals surface area contributed by atoms with Crippen molar-refractivity contribution in [2.45, 2.75) is 71.0 Å². The molecular formula is C14H29N3O. The standard InChI is InChI=1S/C14H29N3O/c1-5-9-17(6-2)11(3)10-14(4,13(15)18)16-12-7-8-12/h11-12,16H,5-10H2,1-4H3,(H2,15,18). The summed E-state index contributed by atoms with van der Waals surface area (Å²) >= 11 is 0. The maximum Gasteiger partial charge on any atom is 0.237 e. The fourth-order valence-electron chi connectivity index (χ4n) is 2.61. The second kappa shape index (κ2) is 6.53. The number of amides is 1. The highest BCUT2D eigenvalue weighted by Crippen LogP contribution is 2.25. The Kier molecular flexibility index (Phi) is 5.60. The van der Waals surface area contributed by atoms with Crippen molar-refractivity contribution >= 4 is 5.91 Å². The second-order valence-electron chi connectivity index (χ2n) is 5.80. The van der Waals surface area contributed by atoms with Crippen LogP contribution >= 0.6 is 0 Å². The maximum absolute atomic E-state index is 11.7. The molecule has 0 aromatic rings. The third-order valence-corrected chi connectivity index (χ3v) is 3.89. The quantitative estimate of drug-likeness (QED) is 0.656. The van der Waals surface area contributed by atoms with E-state index >= 15 is 0 Å². The zero-order chi connectivity index (χ0) is 13.8. The third-order valence-electron chi connectivity index (χ3n) is 3.89. The molecule has 1 saturated carbocycles. The van der Waals surface area contributed by atoms with Crippen LogP contribution in [0, 0.1) is 0 Å². The highest BCUT2D eigenvalue weighted by molar-refractivity contribution is 5.84. The normalized spacial score (nSPS) is 20.7. The van der Waals surface area contributed by atoms with E-state index in [4.69, 9.17) is 5.73 Å². The van der Waals surface area contributed by atoms with Crippen molar-refractivity contribution in [2.24, 2.45) is 5.73 Å². The molecule has 2 unspecified atom stereocenters. The average molecular weight is 255 g/mol. The van der Waals surface area contributed by atoms with E-state index in [1.165, 1.54) is 12.8 Å². The summed E-state index contributed by atoms with van der Waals surface area (Å²) in [6.07, 6.45) is 4.27. The molecule has 4 nitrogen and oxygen atoms in total. The van der Waals surface area contributed by atoms with Gasteiger partial charge in [-0.3, -0.25) is 4.79 Å². The molecule has 18 heavy (non-hydrogen) atoms. The fourth-order valence-corrected chi connectivity index (χ4v) is 2.61. The van der Waals surface area contributed by atoms with Gasteiger partial charge in [-0.1, -0.05) is 13.8 Å². The Morgan fingerprint density at radius 3 is 2.50 bits per heavy atom. The minimum absolute atomic E-state index is 0.228. The summed E-state index contributed by atoms with van der Waals surface area (Å²) < 4.78 is 0. The first kappa shape index (κ1) is 15.4. The van der Waals surface area contributed by atoms with Crippen molar-refractivity contribution in [3.63, 3.8) is 0 Å². The number of nitrogens with one attached hydrogen (secondary N) is 1. The zero-order valence-corrected chi connectivity index (χ0v) is 12.3. The first-order valence-electron chi connectivity index (χ1n) is 7.24. The molecule has 0 saturated heterocycles. The fraction of sp³-hybridized carbons (Fsp3) is 0.929. The molecule has 1 fully saturated rings. The van der Waals surface area contributed by atoms with Gasteiger partial charge in [0.1, 0.15) is 0 Å². The molecule has 0 bridgehead atoms. The summed E-state index contributed by atoms with van der Waals surface area (Å²) in [5.41, 5.74) is 5.02. The van der Waals surface area contributed by atoms with Crippen molar-refractivity contribution < 1.29 is 4.79 Å². The lowest BCUT2D eigenvalue weighted by molar-refractivity contribution is -0.124. The van der Waals surface area contributed by atoms with Gasteiger partial charge in [-0.2, -0.15) is 0 Å². The maximum atomic E-state index is 11.7. The van der Waals surface area contributed by atoms with E-state index in [-0.39, 0.29) is 5.91 Å². The first-order chi connectivity index (χ1) is 8.42. The lowest BCUT2D eigenvalue weighted by Gasteiger charge is -2.35. The lowest BCUT2D eigenvalue weighted by atomic mass is 9.91. The summed E-state index contributed by atoms with van der Waals surface area (Å²) in [6.45, 7) is 10.6. The van der Waals surface area contributed by atoms with E-state index in [0.29, 0.717) is 12.1 Å². The van der Waals surface area contributed by atoms with E-state index < -0.39 is 5.54 Å². The molecule has 4 heteroatoms. The number of carbonyl (C=O) groups is 1. The van der Waals surface area contributed by atoms with Crippen molar-refractivity contribution in [3.8, 4) is 0 Å². The number of carbonyl (C=O) groups excluding carboxylic acids is 1. The van der Waals surface area contributed by atoms with E-state index in [1.54, 1.807) is 0 Å². The van der Waals surface area contributed by atoms with E-state index in [9.17, 15) is 4.79 Å². The molecule has 2 atom stereocenters. The van der Waals surface area contributed by atoms with Crippen LogP contribution in [0.15, 0.2) is 0 Å². The van der Waals surface area contributed by atoms with Crippen LogP contribution in [-0.2, 0) is 4.79 Å². The first-order valence-corrected chi connectivity index (χ1v) is 7.24. The summed E-state index contributed by atoms with van der Waals surface area (Å²) in [4.78, 5) is 14.1. The van der Waals surface area contributed by atoms with Crippen molar-refractivity contribution in [3.05, 3.63) is 0 Å². The zero-order valence-electron chi connectivity index (χ0n) is 12.3. The molecule has 0 aromatic carbocycles. The van der Waals surface area contributed by atoms with Gasteiger partial charge in [-0.05, 0) is 52.6 Å². The predicted molar refractivity (Wildman–Crippen MR) is 75.4 cm³/mol. The van der Waals surface area contributed by atoms with Crippen LogP contribution in [0.1, 0.15) is 53.4 Å². The molecule has 0 aliphatic heterocycles. The Morgan fingerprint density at radius 1 is 1.50 bits per heavy atom. The Hall–Kier alpha value is -0.610. The van der Waals surface area contributed by atoms with Crippen LogP contribution in [0.5, 0.6) is 0 Å². The topological polar surface area (TPSA) is 58.4 Å². The molecule has 1 rings (SSSR count). The van der Waals surface area contributed by atoms with Gasteiger partial charge in [0, 0.05) is 12.1 Å². The van der Waals surface area contributed by atoms with Gasteiger partial charge in [0.25, 0.3) is 0 Å². The van der Waals surface area contributed by atoms with Crippen molar-refractivity contribution in [1.82, 2.24) is 10.2 Å². The van der Waals surface area contributed by atoms with Gasteiger partial charge in [0.2, 0.25) is 5.91 Å². The Labute approximate surface area is 111 Å². The molecule has 0 aromatic heterocycles. The molecule has 3 N–H and O–H groups in total. The van der Waals surface area contributed by atoms with E-state index in [0.717, 1.165) is 25.9 Å². The van der Waals surface area contributed by atoms with Gasteiger partial charge in [0.05, 0.1) is 5.54 Å². The van der Waals surface area contributed by atoms with Gasteiger partial charge < -0.3 is 16.0 Å². The Bertz CT molecular complexity index is 278. The number of hydrogen-bond acceptors (Lipinski definition) is 3. The lowest BCUT2D eigenvalue weighted by Crippen LogP contribution is -2.57. The van der Waals surface area contributed by atoms with Crippen LogP contribution < -0.4 is 11.1 Å². The number of rotatable bonds is 9. The van der Waals surface area contributed by atoms with Crippen LogP contribution in [0.25, 0.3) is 0 Å². The third kappa shape index (κ3) is 4.25. The van der Waals surface area contributed by atoms with Gasteiger partial charge in [-0.15, -0.1) is 0 Å². The predicted octanol–water partition coefficient (Wildman–Crippen LogP) is 1.49. The van der Waals surface area contributed by atoms with E-state index in [1.807, 2.05) is 6.92 Å². The second-order valence-corrected chi connectivity index (χ2v) is 5.80. The molecule has 0 heterocycles. The number of nitrogens with two attached hydrogens (primary N) is 1.